The summed E-state index contributed by atoms with van der Waals surface area (Å²) in [6.45, 7) is 9.42. The first kappa shape index (κ1) is 15.1. The fraction of sp³-hybridized carbons (Fsp3) is 0.684. The average molecular weight is 286 g/mol. The lowest BCUT2D eigenvalue weighted by atomic mass is 9.81. The van der Waals surface area contributed by atoms with Crippen LogP contribution in [0.15, 0.2) is 30.3 Å². The van der Waals surface area contributed by atoms with Gasteiger partial charge in [0, 0.05) is 31.1 Å². The molecule has 2 fully saturated rings. The number of fused-ring (bicyclic) bond motifs is 2. The molecule has 1 heterocycles. The molecule has 0 spiro atoms. The minimum atomic E-state index is 0.223. The second-order valence-corrected chi connectivity index (χ2v) is 7.37. The number of hydrogen-bond acceptors (Lipinski definition) is 2. The first-order valence-corrected chi connectivity index (χ1v) is 8.71. The van der Waals surface area contributed by atoms with Gasteiger partial charge in [0.05, 0.1) is 0 Å². The average Bonchev–Trinajstić information content (AvgIpc) is 3.11. The first-order valence-electron chi connectivity index (χ1n) is 8.71. The lowest BCUT2D eigenvalue weighted by Crippen LogP contribution is -2.47. The van der Waals surface area contributed by atoms with Crippen molar-refractivity contribution in [3.05, 3.63) is 35.9 Å². The normalized spacial score (nSPS) is 27.9. The van der Waals surface area contributed by atoms with E-state index in [1.807, 2.05) is 0 Å². The van der Waals surface area contributed by atoms with Crippen LogP contribution >= 0.6 is 0 Å². The van der Waals surface area contributed by atoms with Gasteiger partial charge in [-0.15, -0.1) is 0 Å². The van der Waals surface area contributed by atoms with Crippen LogP contribution in [0.5, 0.6) is 0 Å². The van der Waals surface area contributed by atoms with Crippen molar-refractivity contribution in [2.24, 2.45) is 5.92 Å². The Kier molecular flexibility index (Phi) is 4.66. The third-order valence-electron chi connectivity index (χ3n) is 5.49. The van der Waals surface area contributed by atoms with E-state index in [2.05, 4.69) is 54.4 Å². The van der Waals surface area contributed by atoms with E-state index in [1.54, 1.807) is 0 Å². The van der Waals surface area contributed by atoms with Crippen molar-refractivity contribution in [2.45, 2.75) is 51.0 Å². The molecule has 1 aliphatic heterocycles. The van der Waals surface area contributed by atoms with Crippen LogP contribution in [-0.2, 0) is 5.41 Å². The molecule has 3 rings (SSSR count). The fourth-order valence-electron chi connectivity index (χ4n) is 4.30. The van der Waals surface area contributed by atoms with Gasteiger partial charge >= 0.3 is 0 Å². The quantitative estimate of drug-likeness (QED) is 0.773. The second-order valence-electron chi connectivity index (χ2n) is 7.37. The summed E-state index contributed by atoms with van der Waals surface area (Å²) in [5, 5.41) is 3.67. The highest BCUT2D eigenvalue weighted by atomic mass is 15.2. The Labute approximate surface area is 129 Å². The number of piperidine rings is 1. The van der Waals surface area contributed by atoms with Gasteiger partial charge in [0.2, 0.25) is 0 Å². The number of benzene rings is 1. The van der Waals surface area contributed by atoms with Crippen LogP contribution in [0, 0.1) is 5.92 Å². The van der Waals surface area contributed by atoms with Gasteiger partial charge in [0.1, 0.15) is 0 Å². The van der Waals surface area contributed by atoms with Crippen molar-refractivity contribution < 1.29 is 0 Å². The molecule has 3 unspecified atom stereocenters. The standard InChI is InChI=1S/C19H30N2/c1-3-11-20-14-19(2,17-7-5-4-6-8-17)15-21-13-16-9-10-18(21)12-16/h4-8,16,18,20H,3,9-15H2,1-2H3. The molecule has 2 nitrogen and oxygen atoms in total. The summed E-state index contributed by atoms with van der Waals surface area (Å²) in [6, 6.07) is 12.0. The molecular weight excluding hydrogens is 256 g/mol. The summed E-state index contributed by atoms with van der Waals surface area (Å²) in [7, 11) is 0. The Bertz CT molecular complexity index is 444. The molecule has 1 aliphatic carbocycles. The maximum atomic E-state index is 3.67. The van der Waals surface area contributed by atoms with Crippen LogP contribution in [0.25, 0.3) is 0 Å². The van der Waals surface area contributed by atoms with Gasteiger partial charge in [-0.3, -0.25) is 4.90 Å². The van der Waals surface area contributed by atoms with Crippen LogP contribution in [0.2, 0.25) is 0 Å². The van der Waals surface area contributed by atoms with Gasteiger partial charge < -0.3 is 5.32 Å². The van der Waals surface area contributed by atoms with Gasteiger partial charge in [-0.05, 0) is 43.7 Å². The molecule has 0 amide bonds. The van der Waals surface area contributed by atoms with E-state index < -0.39 is 0 Å². The molecule has 2 heteroatoms. The summed E-state index contributed by atoms with van der Waals surface area (Å²) in [5.74, 6) is 0.985. The van der Waals surface area contributed by atoms with Crippen molar-refractivity contribution in [1.82, 2.24) is 10.2 Å². The molecule has 1 aromatic carbocycles. The van der Waals surface area contributed by atoms with Crippen LogP contribution in [0.3, 0.4) is 0 Å². The Morgan fingerprint density at radius 2 is 2.05 bits per heavy atom. The lowest BCUT2D eigenvalue weighted by Gasteiger charge is -2.38. The summed E-state index contributed by atoms with van der Waals surface area (Å²) in [6.07, 6.45) is 5.56. The SMILES string of the molecule is CCCNCC(C)(CN1CC2CCC1C2)c1ccccc1. The zero-order chi connectivity index (χ0) is 14.7. The van der Waals surface area contributed by atoms with E-state index in [4.69, 9.17) is 0 Å². The summed E-state index contributed by atoms with van der Waals surface area (Å²) < 4.78 is 0. The zero-order valence-electron chi connectivity index (χ0n) is 13.6. The van der Waals surface area contributed by atoms with E-state index in [1.165, 1.54) is 44.3 Å². The third kappa shape index (κ3) is 3.32. The topological polar surface area (TPSA) is 15.3 Å². The van der Waals surface area contributed by atoms with Gasteiger partial charge in [0.25, 0.3) is 0 Å². The van der Waals surface area contributed by atoms with Gasteiger partial charge in [-0.25, -0.2) is 0 Å². The molecule has 3 atom stereocenters. The van der Waals surface area contributed by atoms with Crippen LogP contribution in [-0.4, -0.2) is 37.1 Å². The summed E-state index contributed by atoms with van der Waals surface area (Å²) in [4.78, 5) is 2.77. The molecule has 1 aromatic rings. The van der Waals surface area contributed by atoms with E-state index in [0.717, 1.165) is 25.0 Å². The Hall–Kier alpha value is -0.860. The Morgan fingerprint density at radius 1 is 1.24 bits per heavy atom. The molecule has 0 radical (unpaired) electrons. The highest BCUT2D eigenvalue weighted by molar-refractivity contribution is 5.26. The minimum Gasteiger partial charge on any atom is -0.316 e. The summed E-state index contributed by atoms with van der Waals surface area (Å²) >= 11 is 0. The molecule has 1 saturated carbocycles. The first-order chi connectivity index (χ1) is 10.2. The molecule has 1 saturated heterocycles. The molecule has 0 aromatic heterocycles. The molecule has 1 N–H and O–H groups in total. The molecule has 2 aliphatic rings. The number of nitrogens with one attached hydrogen (secondary N) is 1. The van der Waals surface area contributed by atoms with Crippen molar-refractivity contribution in [1.29, 1.82) is 0 Å². The number of hydrogen-bond donors (Lipinski definition) is 1. The zero-order valence-corrected chi connectivity index (χ0v) is 13.6. The predicted octanol–water partition coefficient (Wildman–Crippen LogP) is 3.43. The van der Waals surface area contributed by atoms with Crippen LogP contribution < -0.4 is 5.32 Å². The second kappa shape index (κ2) is 6.50. The third-order valence-corrected chi connectivity index (χ3v) is 5.49. The van der Waals surface area contributed by atoms with Crippen molar-refractivity contribution in [3.8, 4) is 0 Å². The highest BCUT2D eigenvalue weighted by Gasteiger charge is 2.41. The van der Waals surface area contributed by atoms with Gasteiger partial charge in [-0.2, -0.15) is 0 Å². The molecule has 21 heavy (non-hydrogen) atoms. The Morgan fingerprint density at radius 3 is 2.67 bits per heavy atom. The maximum absolute atomic E-state index is 3.67. The van der Waals surface area contributed by atoms with Gasteiger partial charge in [-0.1, -0.05) is 44.2 Å². The smallest absolute Gasteiger partial charge is 0.0177 e. The minimum absolute atomic E-state index is 0.223. The fourth-order valence-corrected chi connectivity index (χ4v) is 4.30. The van der Waals surface area contributed by atoms with Gasteiger partial charge in [0.15, 0.2) is 0 Å². The van der Waals surface area contributed by atoms with Crippen LogP contribution in [0.4, 0.5) is 0 Å². The molecular formula is C19H30N2. The molecule has 116 valence electrons. The van der Waals surface area contributed by atoms with E-state index in [-0.39, 0.29) is 5.41 Å². The highest BCUT2D eigenvalue weighted by Crippen LogP contribution is 2.39. The number of nitrogens with zero attached hydrogens (tertiary/aromatic N) is 1. The molecule has 2 bridgehead atoms. The Balaban J connectivity index is 1.72. The lowest BCUT2D eigenvalue weighted by molar-refractivity contribution is 0.167. The number of likely N-dealkylation sites (tertiary alicyclic amines) is 1. The monoisotopic (exact) mass is 286 g/mol. The van der Waals surface area contributed by atoms with E-state index in [0.29, 0.717) is 0 Å². The maximum Gasteiger partial charge on any atom is 0.0177 e. The van der Waals surface area contributed by atoms with E-state index >= 15 is 0 Å². The number of rotatable bonds is 7. The van der Waals surface area contributed by atoms with Crippen LogP contribution in [0.1, 0.15) is 45.1 Å². The van der Waals surface area contributed by atoms with Crippen molar-refractivity contribution >= 4 is 0 Å². The van der Waals surface area contributed by atoms with Crippen molar-refractivity contribution in [2.75, 3.05) is 26.2 Å². The van der Waals surface area contributed by atoms with Crippen molar-refractivity contribution in [3.63, 3.8) is 0 Å². The predicted molar refractivity (Wildman–Crippen MR) is 89.7 cm³/mol. The largest absolute Gasteiger partial charge is 0.316 e. The summed E-state index contributed by atoms with van der Waals surface area (Å²) in [5.41, 5.74) is 1.71. The van der Waals surface area contributed by atoms with E-state index in [9.17, 15) is 0 Å².